The molecule has 1 fully saturated rings. The number of ether oxygens (including phenoxy) is 1. The zero-order valence-electron chi connectivity index (χ0n) is 15.3. The Balaban J connectivity index is 1.83. The number of amides is 1. The van der Waals surface area contributed by atoms with Crippen molar-refractivity contribution in [2.75, 3.05) is 17.1 Å². The molecule has 1 aliphatic rings. The fraction of sp³-hybridized carbons (Fsp3) is 0.350. The normalized spacial score (nSPS) is 14.7. The summed E-state index contributed by atoms with van der Waals surface area (Å²) in [5.74, 6) is 0.665. The molecule has 0 bridgehead atoms. The minimum Gasteiger partial charge on any atom is -0.455 e. The van der Waals surface area contributed by atoms with Gasteiger partial charge in [-0.05, 0) is 37.1 Å². The highest BCUT2D eigenvalue weighted by molar-refractivity contribution is 7.92. The Hall–Kier alpha value is -2.54. The number of rotatable bonds is 7. The number of nitrogens with zero attached hydrogens (tertiary/aromatic N) is 1. The van der Waals surface area contributed by atoms with Crippen LogP contribution in [0.2, 0.25) is 0 Å². The second-order valence-electron chi connectivity index (χ2n) is 6.70. The smallest absolute Gasteiger partial charge is 0.240 e. The molecule has 1 aliphatic carbocycles. The molecule has 1 amide bonds. The molecule has 27 heavy (non-hydrogen) atoms. The SMILES string of the molecule is CS(=O)(=O)N(CC(=O)NC1CCCC1)c1ccccc1Oc1ccccc1. The molecule has 0 aliphatic heterocycles. The molecule has 0 spiro atoms. The van der Waals surface area contributed by atoms with Gasteiger partial charge in [-0.15, -0.1) is 0 Å². The lowest BCUT2D eigenvalue weighted by molar-refractivity contribution is -0.120. The van der Waals surface area contributed by atoms with Crippen LogP contribution in [0, 0.1) is 0 Å². The predicted molar refractivity (Wildman–Crippen MR) is 106 cm³/mol. The van der Waals surface area contributed by atoms with Crippen molar-refractivity contribution in [2.24, 2.45) is 0 Å². The van der Waals surface area contributed by atoms with Crippen molar-refractivity contribution in [1.29, 1.82) is 0 Å². The van der Waals surface area contributed by atoms with Crippen LogP contribution in [0.4, 0.5) is 5.69 Å². The molecule has 6 nitrogen and oxygen atoms in total. The molecule has 1 saturated carbocycles. The standard InChI is InChI=1S/C20H24N2O4S/c1-27(24,25)22(15-20(23)21-16-9-5-6-10-16)18-13-7-8-14-19(18)26-17-11-3-2-4-12-17/h2-4,7-8,11-14,16H,5-6,9-10,15H2,1H3,(H,21,23). The minimum atomic E-state index is -3.67. The van der Waals surface area contributed by atoms with Gasteiger partial charge in [0.1, 0.15) is 12.3 Å². The highest BCUT2D eigenvalue weighted by Crippen LogP contribution is 2.33. The Labute approximate surface area is 160 Å². The zero-order valence-corrected chi connectivity index (χ0v) is 16.1. The van der Waals surface area contributed by atoms with Crippen molar-refractivity contribution in [3.05, 3.63) is 54.6 Å². The first kappa shape index (κ1) is 19.2. The summed E-state index contributed by atoms with van der Waals surface area (Å²) in [4.78, 5) is 12.4. The Bertz CT molecular complexity index is 878. The topological polar surface area (TPSA) is 75.7 Å². The van der Waals surface area contributed by atoms with E-state index in [1.165, 1.54) is 0 Å². The predicted octanol–water partition coefficient (Wildman–Crippen LogP) is 3.30. The molecule has 1 N–H and O–H groups in total. The Morgan fingerprint density at radius 1 is 1.07 bits per heavy atom. The Kier molecular flexibility index (Phi) is 6.01. The highest BCUT2D eigenvalue weighted by Gasteiger charge is 2.26. The lowest BCUT2D eigenvalue weighted by atomic mass is 10.2. The van der Waals surface area contributed by atoms with Gasteiger partial charge in [0.15, 0.2) is 5.75 Å². The maximum Gasteiger partial charge on any atom is 0.240 e. The summed E-state index contributed by atoms with van der Waals surface area (Å²) < 4.78 is 31.8. The number of anilines is 1. The fourth-order valence-corrected chi connectivity index (χ4v) is 4.08. The van der Waals surface area contributed by atoms with Gasteiger partial charge in [0.2, 0.25) is 15.9 Å². The van der Waals surface area contributed by atoms with Gasteiger partial charge < -0.3 is 10.1 Å². The maximum absolute atomic E-state index is 12.4. The summed E-state index contributed by atoms with van der Waals surface area (Å²) in [5, 5.41) is 2.93. The average Bonchev–Trinajstić information content (AvgIpc) is 3.13. The number of carbonyl (C=O) groups is 1. The van der Waals surface area contributed by atoms with E-state index in [-0.39, 0.29) is 18.5 Å². The first-order valence-corrected chi connectivity index (χ1v) is 10.9. The van der Waals surface area contributed by atoms with E-state index in [4.69, 9.17) is 4.74 Å². The van der Waals surface area contributed by atoms with Gasteiger partial charge in [-0.25, -0.2) is 8.42 Å². The lowest BCUT2D eigenvalue weighted by Crippen LogP contribution is -2.43. The number of benzene rings is 2. The monoisotopic (exact) mass is 388 g/mol. The number of hydrogen-bond acceptors (Lipinski definition) is 4. The third-order valence-electron chi connectivity index (χ3n) is 4.51. The second kappa shape index (κ2) is 8.43. The van der Waals surface area contributed by atoms with Crippen LogP contribution in [0.25, 0.3) is 0 Å². The third-order valence-corrected chi connectivity index (χ3v) is 5.64. The van der Waals surface area contributed by atoms with Gasteiger partial charge in [0, 0.05) is 6.04 Å². The molecule has 0 atom stereocenters. The molecule has 0 saturated heterocycles. The number of hydrogen-bond donors (Lipinski definition) is 1. The van der Waals surface area contributed by atoms with E-state index in [0.717, 1.165) is 36.2 Å². The van der Waals surface area contributed by atoms with Crippen LogP contribution >= 0.6 is 0 Å². The molecule has 0 aromatic heterocycles. The van der Waals surface area contributed by atoms with Crippen LogP contribution in [0.5, 0.6) is 11.5 Å². The van der Waals surface area contributed by atoms with Crippen LogP contribution < -0.4 is 14.4 Å². The summed E-state index contributed by atoms with van der Waals surface area (Å²) >= 11 is 0. The van der Waals surface area contributed by atoms with Gasteiger partial charge in [-0.2, -0.15) is 0 Å². The Morgan fingerprint density at radius 2 is 1.70 bits per heavy atom. The van der Waals surface area contributed by atoms with Gasteiger partial charge in [-0.1, -0.05) is 43.2 Å². The van der Waals surface area contributed by atoms with Gasteiger partial charge in [0.25, 0.3) is 0 Å². The summed E-state index contributed by atoms with van der Waals surface area (Å²) in [6, 6.07) is 16.1. The average molecular weight is 388 g/mol. The zero-order chi connectivity index (χ0) is 19.3. The second-order valence-corrected chi connectivity index (χ2v) is 8.61. The molecule has 0 unspecified atom stereocenters. The Morgan fingerprint density at radius 3 is 2.37 bits per heavy atom. The molecular weight excluding hydrogens is 364 g/mol. The van der Waals surface area contributed by atoms with Crippen molar-refractivity contribution in [3.8, 4) is 11.5 Å². The molecule has 0 heterocycles. The van der Waals surface area contributed by atoms with Crippen LogP contribution in [-0.2, 0) is 14.8 Å². The quantitative estimate of drug-likeness (QED) is 0.790. The summed E-state index contributed by atoms with van der Waals surface area (Å²) in [6.07, 6.45) is 5.16. The molecule has 2 aromatic rings. The third kappa shape index (κ3) is 5.23. The summed E-state index contributed by atoms with van der Waals surface area (Å²) in [5.41, 5.74) is 0.338. The highest BCUT2D eigenvalue weighted by atomic mass is 32.2. The maximum atomic E-state index is 12.4. The minimum absolute atomic E-state index is 0.134. The van der Waals surface area contributed by atoms with Gasteiger partial charge >= 0.3 is 0 Å². The van der Waals surface area contributed by atoms with Crippen LogP contribution in [0.3, 0.4) is 0 Å². The fourth-order valence-electron chi connectivity index (χ4n) is 3.22. The van der Waals surface area contributed by atoms with E-state index in [1.54, 1.807) is 36.4 Å². The molecule has 2 aromatic carbocycles. The van der Waals surface area contributed by atoms with Gasteiger partial charge in [0.05, 0.1) is 11.9 Å². The lowest BCUT2D eigenvalue weighted by Gasteiger charge is -2.25. The number of nitrogens with one attached hydrogen (secondary N) is 1. The molecular formula is C20H24N2O4S. The first-order valence-electron chi connectivity index (χ1n) is 9.02. The molecule has 7 heteroatoms. The summed E-state index contributed by atoms with van der Waals surface area (Å²) in [7, 11) is -3.67. The van der Waals surface area contributed by atoms with E-state index in [9.17, 15) is 13.2 Å². The van der Waals surface area contributed by atoms with Gasteiger partial charge in [-0.3, -0.25) is 9.10 Å². The number of para-hydroxylation sites is 3. The van der Waals surface area contributed by atoms with Crippen molar-refractivity contribution in [2.45, 2.75) is 31.7 Å². The van der Waals surface area contributed by atoms with Crippen molar-refractivity contribution in [1.82, 2.24) is 5.32 Å². The van der Waals surface area contributed by atoms with Crippen LogP contribution in [-0.4, -0.2) is 33.2 Å². The summed E-state index contributed by atoms with van der Waals surface area (Å²) in [6.45, 7) is -0.273. The van der Waals surface area contributed by atoms with Crippen LogP contribution in [0.1, 0.15) is 25.7 Å². The van der Waals surface area contributed by atoms with E-state index in [1.807, 2.05) is 18.2 Å². The number of sulfonamides is 1. The number of carbonyl (C=O) groups excluding carboxylic acids is 1. The van der Waals surface area contributed by atoms with Crippen molar-refractivity contribution in [3.63, 3.8) is 0 Å². The van der Waals surface area contributed by atoms with E-state index >= 15 is 0 Å². The van der Waals surface area contributed by atoms with Crippen molar-refractivity contribution >= 4 is 21.6 Å². The molecule has 3 rings (SSSR count). The molecule has 144 valence electrons. The van der Waals surface area contributed by atoms with E-state index in [0.29, 0.717) is 17.2 Å². The van der Waals surface area contributed by atoms with E-state index in [2.05, 4.69) is 5.32 Å². The van der Waals surface area contributed by atoms with E-state index < -0.39 is 10.0 Å². The first-order chi connectivity index (χ1) is 12.9. The van der Waals surface area contributed by atoms with Crippen LogP contribution in [0.15, 0.2) is 54.6 Å². The van der Waals surface area contributed by atoms with Crippen molar-refractivity contribution < 1.29 is 17.9 Å². The molecule has 0 radical (unpaired) electrons. The largest absolute Gasteiger partial charge is 0.455 e.